The molecular weight excluding hydrogens is 718 g/mol. The van der Waals surface area contributed by atoms with Gasteiger partial charge < -0.3 is 14.8 Å². The number of hydrogen-bond acceptors (Lipinski definition) is 3. The summed E-state index contributed by atoms with van der Waals surface area (Å²) in [6, 6.07) is 0.157. The van der Waals surface area contributed by atoms with Gasteiger partial charge in [-0.3, -0.25) is 0 Å². The molecule has 0 radical (unpaired) electrons. The Morgan fingerprint density at radius 3 is 0.690 bits per heavy atom. The Kier molecular flexibility index (Phi) is 55.9. The average Bonchev–Trinajstić information content (AvgIpc) is 3.20. The Labute approximate surface area is 389 Å². The van der Waals surface area contributed by atoms with E-state index in [1.807, 2.05) is 0 Å². The maximum atomic E-state index is 11.6. The molecule has 0 spiro atoms. The molecule has 0 saturated carbocycles. The minimum Gasteiger partial charge on any atom is -0.550 e. The molecule has 0 aromatic rings. The Bertz CT molecular complexity index is 699. The molecule has 342 valence electrons. The monoisotopic (exact) mass is 826 g/mol. The van der Waals surface area contributed by atoms with Gasteiger partial charge in [-0.05, 0) is 32.4 Å². The molecule has 0 aliphatic rings. The average molecular weight is 826 g/mol. The summed E-state index contributed by atoms with van der Waals surface area (Å²) in [5.74, 6) is -0.874. The van der Waals surface area contributed by atoms with Gasteiger partial charge >= 0.3 is 29.6 Å². The van der Waals surface area contributed by atoms with Gasteiger partial charge in [0.05, 0.1) is 0 Å². The summed E-state index contributed by atoms with van der Waals surface area (Å²) in [6.45, 7) is 8.93. The topological polar surface area (TPSA) is 43.4 Å². The van der Waals surface area contributed by atoms with E-state index in [2.05, 4.69) is 25.7 Å². The third-order valence-corrected chi connectivity index (χ3v) is 13.1. The van der Waals surface area contributed by atoms with Crippen LogP contribution in [0.25, 0.3) is 0 Å². The third-order valence-electron chi connectivity index (χ3n) is 13.1. The number of rotatable bonds is 51. The Morgan fingerprint density at radius 2 is 0.517 bits per heavy atom. The SMILES string of the molecule is CCCCCCCCCCCCCCCCCCCCCCCCN(CCCCCCCCCCCCCCCCCCCCCCCC)C(CCC)CC(=O)[O-].[Na+]. The summed E-state index contributed by atoms with van der Waals surface area (Å²) in [4.78, 5) is 14.1. The molecule has 0 N–H and O–H groups in total. The maximum Gasteiger partial charge on any atom is 1.00 e. The van der Waals surface area contributed by atoms with Crippen LogP contribution in [0.5, 0.6) is 0 Å². The van der Waals surface area contributed by atoms with Gasteiger partial charge in [0.25, 0.3) is 0 Å². The second kappa shape index (κ2) is 53.6. The number of nitrogens with zero attached hydrogens (tertiary/aromatic N) is 1. The number of carbonyl (C=O) groups is 1. The molecule has 0 aliphatic heterocycles. The van der Waals surface area contributed by atoms with E-state index in [0.29, 0.717) is 0 Å². The molecule has 0 bridgehead atoms. The normalized spacial score (nSPS) is 12.1. The number of unbranched alkanes of at least 4 members (excludes halogenated alkanes) is 42. The zero-order chi connectivity index (χ0) is 41.4. The summed E-state index contributed by atoms with van der Waals surface area (Å²) < 4.78 is 0. The molecular formula is C54H108NNaO2. The first-order valence-corrected chi connectivity index (χ1v) is 27.1. The van der Waals surface area contributed by atoms with Gasteiger partial charge in [0, 0.05) is 18.4 Å². The van der Waals surface area contributed by atoms with E-state index >= 15 is 0 Å². The van der Waals surface area contributed by atoms with Crippen LogP contribution in [0.15, 0.2) is 0 Å². The number of carboxylic acids is 1. The van der Waals surface area contributed by atoms with Crippen molar-refractivity contribution in [1.29, 1.82) is 0 Å². The molecule has 0 amide bonds. The molecule has 4 heteroatoms. The third kappa shape index (κ3) is 49.1. The molecule has 0 heterocycles. The van der Waals surface area contributed by atoms with Crippen molar-refractivity contribution in [1.82, 2.24) is 4.90 Å². The minimum atomic E-state index is -0.874. The van der Waals surface area contributed by atoms with Crippen molar-refractivity contribution in [2.24, 2.45) is 0 Å². The minimum absolute atomic E-state index is 0. The number of carboxylic acid groups (broad SMARTS) is 1. The molecule has 0 aromatic heterocycles. The van der Waals surface area contributed by atoms with Crippen molar-refractivity contribution in [2.45, 2.75) is 329 Å². The van der Waals surface area contributed by atoms with Crippen molar-refractivity contribution in [3.8, 4) is 0 Å². The van der Waals surface area contributed by atoms with Crippen LogP contribution in [-0.2, 0) is 4.79 Å². The van der Waals surface area contributed by atoms with E-state index in [4.69, 9.17) is 0 Å². The van der Waals surface area contributed by atoms with Gasteiger partial charge in [-0.15, -0.1) is 0 Å². The Morgan fingerprint density at radius 1 is 0.328 bits per heavy atom. The van der Waals surface area contributed by atoms with E-state index in [9.17, 15) is 9.90 Å². The van der Waals surface area contributed by atoms with Crippen LogP contribution < -0.4 is 34.7 Å². The Hall–Kier alpha value is 0.430. The van der Waals surface area contributed by atoms with Crippen LogP contribution in [0.4, 0.5) is 0 Å². The molecule has 0 saturated heterocycles. The first kappa shape index (κ1) is 60.5. The Balaban J connectivity index is 0. The first-order chi connectivity index (χ1) is 28.2. The van der Waals surface area contributed by atoms with E-state index < -0.39 is 5.97 Å². The van der Waals surface area contributed by atoms with Gasteiger partial charge in [0.2, 0.25) is 0 Å². The van der Waals surface area contributed by atoms with E-state index in [-0.39, 0.29) is 42.0 Å². The van der Waals surface area contributed by atoms with E-state index in [1.54, 1.807) is 0 Å². The summed E-state index contributed by atoms with van der Waals surface area (Å²) in [6.07, 6.45) is 64.6. The van der Waals surface area contributed by atoms with Crippen molar-refractivity contribution in [2.75, 3.05) is 13.1 Å². The van der Waals surface area contributed by atoms with Crippen molar-refractivity contribution in [3.05, 3.63) is 0 Å². The molecule has 3 nitrogen and oxygen atoms in total. The quantitative estimate of drug-likeness (QED) is 0.0453. The fourth-order valence-corrected chi connectivity index (χ4v) is 9.26. The van der Waals surface area contributed by atoms with Crippen molar-refractivity contribution >= 4 is 5.97 Å². The zero-order valence-corrected chi connectivity index (χ0v) is 43.0. The molecule has 1 atom stereocenters. The van der Waals surface area contributed by atoms with Crippen LogP contribution in [-0.4, -0.2) is 30.0 Å². The van der Waals surface area contributed by atoms with Gasteiger partial charge in [0.1, 0.15) is 0 Å². The fourth-order valence-electron chi connectivity index (χ4n) is 9.26. The number of hydrogen-bond donors (Lipinski definition) is 0. The molecule has 58 heavy (non-hydrogen) atoms. The van der Waals surface area contributed by atoms with Gasteiger partial charge in [0.15, 0.2) is 0 Å². The van der Waals surface area contributed by atoms with Gasteiger partial charge in [-0.25, -0.2) is 0 Å². The van der Waals surface area contributed by atoms with Gasteiger partial charge in [-0.1, -0.05) is 297 Å². The second-order valence-corrected chi connectivity index (χ2v) is 18.9. The zero-order valence-electron chi connectivity index (χ0n) is 41.0. The largest absolute Gasteiger partial charge is 1.00 e. The van der Waals surface area contributed by atoms with Crippen LogP contribution in [0.1, 0.15) is 323 Å². The van der Waals surface area contributed by atoms with Gasteiger partial charge in [-0.2, -0.15) is 0 Å². The maximum absolute atomic E-state index is 11.6. The molecule has 1 unspecified atom stereocenters. The van der Waals surface area contributed by atoms with Crippen LogP contribution in [0.3, 0.4) is 0 Å². The molecule has 0 rings (SSSR count). The van der Waals surface area contributed by atoms with Crippen molar-refractivity contribution in [3.63, 3.8) is 0 Å². The smallest absolute Gasteiger partial charge is 0.550 e. The van der Waals surface area contributed by atoms with E-state index in [1.165, 1.54) is 283 Å². The predicted molar refractivity (Wildman–Crippen MR) is 254 cm³/mol. The number of carbonyl (C=O) groups excluding carboxylic acids is 1. The summed E-state index contributed by atoms with van der Waals surface area (Å²) in [5.41, 5.74) is 0. The van der Waals surface area contributed by atoms with E-state index in [0.717, 1.165) is 25.9 Å². The molecule has 0 fully saturated rings. The standard InChI is InChI=1S/C54H109NO2.Na/c1-4-7-9-11-13-15-17-19-21-23-25-27-29-31-33-35-37-39-41-43-45-47-50-55(53(49-6-3)52-54(56)57)51-48-46-44-42-40-38-36-34-32-30-28-26-24-22-20-18-16-14-12-10-8-5-2;/h53H,4-52H2,1-3H3,(H,56,57);/q;+1/p-1. The second-order valence-electron chi connectivity index (χ2n) is 18.9. The first-order valence-electron chi connectivity index (χ1n) is 27.1. The van der Waals surface area contributed by atoms with Crippen LogP contribution >= 0.6 is 0 Å². The van der Waals surface area contributed by atoms with Crippen molar-refractivity contribution < 1.29 is 39.5 Å². The summed E-state index contributed by atoms with van der Waals surface area (Å²) in [7, 11) is 0. The molecule has 0 aliphatic carbocycles. The predicted octanol–water partition coefficient (Wildman–Crippen LogP) is 14.8. The summed E-state index contributed by atoms with van der Waals surface area (Å²) in [5, 5.41) is 11.6. The summed E-state index contributed by atoms with van der Waals surface area (Å²) >= 11 is 0. The fraction of sp³-hybridized carbons (Fsp3) is 0.981. The van der Waals surface area contributed by atoms with Crippen LogP contribution in [0, 0.1) is 0 Å². The molecule has 0 aromatic carbocycles. The van der Waals surface area contributed by atoms with Crippen LogP contribution in [0.2, 0.25) is 0 Å². The number of aliphatic carboxylic acids is 1.